The summed E-state index contributed by atoms with van der Waals surface area (Å²) >= 11 is 0. The Morgan fingerprint density at radius 2 is 1.41 bits per heavy atom. The minimum atomic E-state index is -2.60. The zero-order valence-corrected chi connectivity index (χ0v) is 23.4. The number of esters is 2. The number of hydrogen-bond acceptors (Lipinski definition) is 7. The largest absolute Gasteiger partial charge is 0.466 e. The van der Waals surface area contributed by atoms with Gasteiger partial charge in [-0.25, -0.2) is 14.4 Å². The van der Waals surface area contributed by atoms with Gasteiger partial charge in [-0.15, -0.1) is 0 Å². The molecule has 2 aromatic rings. The number of hydrogen-bond donors (Lipinski definition) is 0. The van der Waals surface area contributed by atoms with Crippen molar-refractivity contribution >= 4 is 26.3 Å². The van der Waals surface area contributed by atoms with Gasteiger partial charge in [0.25, 0.3) is 0 Å². The Hall–Kier alpha value is -3.43. The van der Waals surface area contributed by atoms with Crippen LogP contribution < -0.4 is 0 Å². The number of benzene rings is 2. The van der Waals surface area contributed by atoms with Gasteiger partial charge in [0.2, 0.25) is 8.32 Å². The average molecular weight is 528 g/mol. The third-order valence-electron chi connectivity index (χ3n) is 6.11. The van der Waals surface area contributed by atoms with Crippen LogP contribution in [0.5, 0.6) is 0 Å². The van der Waals surface area contributed by atoms with E-state index in [0.29, 0.717) is 0 Å². The van der Waals surface area contributed by atoms with Crippen LogP contribution in [0.4, 0.5) is 4.79 Å². The minimum absolute atomic E-state index is 0.000812. The van der Waals surface area contributed by atoms with Crippen LogP contribution in [0.15, 0.2) is 72.8 Å². The number of nitrogens with zero attached hydrogens (tertiary/aromatic N) is 1. The normalized spacial score (nSPS) is 12.6. The lowest BCUT2D eigenvalue weighted by atomic mass is 10.2. The Balaban J connectivity index is 2.35. The fraction of sp³-hybridized carbons (Fsp3) is 0.393. The smallest absolute Gasteiger partial charge is 0.434 e. The van der Waals surface area contributed by atoms with Crippen molar-refractivity contribution in [3.05, 3.63) is 83.9 Å². The molecule has 0 fully saturated rings. The SMILES string of the molecule is COC(=O)/C=C/C[C@@H](C(=O)OCc1ccccc1)N(O[Si](C)(C)C(C)(C)C)C(=O)OCc1ccccc1. The van der Waals surface area contributed by atoms with Crippen LogP contribution in [0.1, 0.15) is 38.3 Å². The highest BCUT2D eigenvalue weighted by atomic mass is 28.4. The van der Waals surface area contributed by atoms with Crippen molar-refractivity contribution in [2.24, 2.45) is 0 Å². The van der Waals surface area contributed by atoms with Crippen molar-refractivity contribution in [2.75, 3.05) is 7.11 Å². The van der Waals surface area contributed by atoms with E-state index in [9.17, 15) is 14.4 Å². The fourth-order valence-corrected chi connectivity index (χ4v) is 3.84. The molecule has 9 heteroatoms. The van der Waals surface area contributed by atoms with Crippen molar-refractivity contribution in [1.82, 2.24) is 5.06 Å². The Labute approximate surface area is 220 Å². The van der Waals surface area contributed by atoms with Gasteiger partial charge in [-0.1, -0.05) is 87.5 Å². The van der Waals surface area contributed by atoms with Crippen LogP contribution in [0.3, 0.4) is 0 Å². The van der Waals surface area contributed by atoms with Crippen LogP contribution in [-0.4, -0.2) is 44.6 Å². The summed E-state index contributed by atoms with van der Waals surface area (Å²) in [5.74, 6) is -1.27. The Bertz CT molecular complexity index is 1050. The van der Waals surface area contributed by atoms with E-state index in [-0.39, 0.29) is 24.7 Å². The topological polar surface area (TPSA) is 91.4 Å². The molecule has 1 atom stereocenters. The number of carbonyl (C=O) groups excluding carboxylic acids is 3. The fourth-order valence-electron chi connectivity index (χ4n) is 2.87. The van der Waals surface area contributed by atoms with Gasteiger partial charge in [0.1, 0.15) is 13.2 Å². The lowest BCUT2D eigenvalue weighted by molar-refractivity contribution is -0.165. The molecular formula is C28H37NO7Si. The predicted octanol–water partition coefficient (Wildman–Crippen LogP) is 5.79. The van der Waals surface area contributed by atoms with Crippen LogP contribution in [0.25, 0.3) is 0 Å². The van der Waals surface area contributed by atoms with E-state index in [2.05, 4.69) is 4.74 Å². The van der Waals surface area contributed by atoms with Gasteiger partial charge in [-0.3, -0.25) is 0 Å². The zero-order valence-electron chi connectivity index (χ0n) is 22.4. The van der Waals surface area contributed by atoms with E-state index in [1.54, 1.807) is 0 Å². The highest BCUT2D eigenvalue weighted by Gasteiger charge is 2.44. The van der Waals surface area contributed by atoms with Gasteiger partial charge in [-0.05, 0) is 35.7 Å². The maximum atomic E-state index is 13.4. The molecule has 0 bridgehead atoms. The molecule has 0 saturated heterocycles. The first kappa shape index (κ1) is 29.8. The van der Waals surface area contributed by atoms with Gasteiger partial charge < -0.3 is 18.7 Å². The number of hydroxylamine groups is 2. The molecule has 37 heavy (non-hydrogen) atoms. The van der Waals surface area contributed by atoms with E-state index in [4.69, 9.17) is 14.0 Å². The highest BCUT2D eigenvalue weighted by Crippen LogP contribution is 2.38. The molecule has 1 amide bonds. The Morgan fingerprint density at radius 3 is 1.89 bits per heavy atom. The summed E-state index contributed by atoms with van der Waals surface area (Å²) in [6.45, 7) is 10.00. The molecule has 0 aromatic heterocycles. The summed E-state index contributed by atoms with van der Waals surface area (Å²) in [5, 5.41) is 0.709. The summed E-state index contributed by atoms with van der Waals surface area (Å²) in [7, 11) is -1.34. The number of ether oxygens (including phenoxy) is 3. The summed E-state index contributed by atoms with van der Waals surface area (Å²) in [6, 6.07) is 17.2. The van der Waals surface area contributed by atoms with Crippen LogP contribution in [0.2, 0.25) is 18.1 Å². The molecule has 0 N–H and O–H groups in total. The Morgan fingerprint density at radius 1 is 0.892 bits per heavy atom. The molecule has 0 aliphatic carbocycles. The van der Waals surface area contributed by atoms with Gasteiger partial charge in [0, 0.05) is 6.08 Å². The summed E-state index contributed by atoms with van der Waals surface area (Å²) in [4.78, 5) is 38.3. The number of amides is 1. The average Bonchev–Trinajstić information content (AvgIpc) is 2.87. The quantitative estimate of drug-likeness (QED) is 0.120. The molecule has 0 unspecified atom stereocenters. The van der Waals surface area contributed by atoms with Gasteiger partial charge >= 0.3 is 18.0 Å². The molecule has 200 valence electrons. The molecule has 0 saturated carbocycles. The second-order valence-corrected chi connectivity index (χ2v) is 14.7. The zero-order chi connectivity index (χ0) is 27.5. The maximum absolute atomic E-state index is 13.4. The molecule has 8 nitrogen and oxygen atoms in total. The maximum Gasteiger partial charge on any atom is 0.434 e. The monoisotopic (exact) mass is 527 g/mol. The van der Waals surface area contributed by atoms with E-state index < -0.39 is 32.4 Å². The number of rotatable bonds is 11. The molecule has 0 aliphatic rings. The summed E-state index contributed by atoms with van der Waals surface area (Å²) < 4.78 is 22.1. The number of methoxy groups -OCH3 is 1. The first-order valence-corrected chi connectivity index (χ1v) is 15.0. The first-order valence-electron chi connectivity index (χ1n) is 12.1. The molecule has 2 aromatic carbocycles. The third-order valence-corrected chi connectivity index (χ3v) is 10.4. The van der Waals surface area contributed by atoms with E-state index in [1.807, 2.05) is 94.5 Å². The van der Waals surface area contributed by atoms with Gasteiger partial charge in [0.05, 0.1) is 7.11 Å². The minimum Gasteiger partial charge on any atom is -0.466 e. The molecule has 2 rings (SSSR count). The van der Waals surface area contributed by atoms with Crippen molar-refractivity contribution in [1.29, 1.82) is 0 Å². The summed E-state index contributed by atoms with van der Waals surface area (Å²) in [6.07, 6.45) is 1.78. The second-order valence-electron chi connectivity index (χ2n) is 9.99. The lowest BCUT2D eigenvalue weighted by Crippen LogP contribution is -2.54. The lowest BCUT2D eigenvalue weighted by Gasteiger charge is -2.40. The molecule has 0 heterocycles. The van der Waals surface area contributed by atoms with Crippen molar-refractivity contribution in [3.63, 3.8) is 0 Å². The standard InChI is InChI=1S/C28H37NO7Si/c1-28(2,3)37(5,6)36-29(27(32)35-21-23-16-11-8-12-17-23)24(18-13-19-25(30)33-4)26(31)34-20-22-14-9-7-10-15-22/h7-17,19,24H,18,20-21H2,1-6H3/b19-13+/t24-/m0/s1. The predicted molar refractivity (Wildman–Crippen MR) is 143 cm³/mol. The van der Waals surface area contributed by atoms with Crippen LogP contribution in [-0.2, 0) is 41.5 Å². The Kier molecular flexibility index (Phi) is 11.1. The first-order chi connectivity index (χ1) is 17.4. The molecule has 0 radical (unpaired) electrons. The van der Waals surface area contributed by atoms with Gasteiger partial charge in [0.15, 0.2) is 6.04 Å². The van der Waals surface area contributed by atoms with E-state index >= 15 is 0 Å². The van der Waals surface area contributed by atoms with Gasteiger partial charge in [-0.2, -0.15) is 5.06 Å². The second kappa shape index (κ2) is 13.8. The van der Waals surface area contributed by atoms with Crippen molar-refractivity contribution in [3.8, 4) is 0 Å². The highest BCUT2D eigenvalue weighted by molar-refractivity contribution is 6.74. The molecule has 0 aliphatic heterocycles. The molecule has 0 spiro atoms. The molecular weight excluding hydrogens is 490 g/mol. The van der Waals surface area contributed by atoms with Crippen LogP contribution in [0, 0.1) is 0 Å². The third kappa shape index (κ3) is 9.51. The van der Waals surface area contributed by atoms with Crippen molar-refractivity contribution in [2.45, 2.75) is 64.6 Å². The van der Waals surface area contributed by atoms with Crippen molar-refractivity contribution < 1.29 is 33.1 Å². The van der Waals surface area contributed by atoms with E-state index in [0.717, 1.165) is 16.2 Å². The van der Waals surface area contributed by atoms with E-state index in [1.165, 1.54) is 19.3 Å². The number of carbonyl (C=O) groups is 3. The van der Waals surface area contributed by atoms with Crippen LogP contribution >= 0.6 is 0 Å². The summed E-state index contributed by atoms with van der Waals surface area (Å²) in [5.41, 5.74) is 1.58.